The molecule has 11 nitrogen and oxygen atoms in total. The van der Waals surface area contributed by atoms with Crippen LogP contribution >= 0.6 is 0 Å². The summed E-state index contributed by atoms with van der Waals surface area (Å²) in [6.45, 7) is 5.75. The van der Waals surface area contributed by atoms with E-state index in [0.717, 1.165) is 12.8 Å². The lowest BCUT2D eigenvalue weighted by Gasteiger charge is -2.41. The van der Waals surface area contributed by atoms with Crippen LogP contribution in [0.1, 0.15) is 69.9 Å². The molecule has 3 aromatic carbocycles. The van der Waals surface area contributed by atoms with Gasteiger partial charge in [-0.25, -0.2) is 26.8 Å². The fraction of sp³-hybridized carbons (Fsp3) is 0.462. The number of piperazine rings is 1. The molecule has 53 heavy (non-hydrogen) atoms. The predicted molar refractivity (Wildman–Crippen MR) is 194 cm³/mol. The van der Waals surface area contributed by atoms with E-state index in [1.807, 2.05) is 0 Å². The first-order valence-corrected chi connectivity index (χ1v) is 19.3. The van der Waals surface area contributed by atoms with Crippen molar-refractivity contribution < 1.29 is 41.1 Å². The molecule has 2 N–H and O–H groups in total. The van der Waals surface area contributed by atoms with Crippen molar-refractivity contribution in [2.45, 2.75) is 87.4 Å². The number of carbonyl (C=O) groups is 3. The van der Waals surface area contributed by atoms with Gasteiger partial charge in [0.15, 0.2) is 0 Å². The minimum absolute atomic E-state index is 0.0361. The normalized spacial score (nSPS) is 20.1. The number of halogens is 2. The summed E-state index contributed by atoms with van der Waals surface area (Å²) in [5.74, 6) is -2.33. The topological polar surface area (TPSA) is 134 Å². The van der Waals surface area contributed by atoms with Crippen molar-refractivity contribution in [3.8, 4) is 0 Å². The average molecular weight is 755 g/mol. The molecule has 1 aliphatic carbocycles. The minimum atomic E-state index is -3.88. The molecule has 0 radical (unpaired) electrons. The molecule has 1 saturated heterocycles. The molecule has 0 spiro atoms. The number of nitrogens with zero attached hydrogens (tertiary/aromatic N) is 2. The monoisotopic (exact) mass is 754 g/mol. The number of alkyl carbamates (subject to hydrolysis) is 1. The molecule has 14 heteroatoms. The number of benzene rings is 3. The fourth-order valence-corrected chi connectivity index (χ4v) is 8.92. The molecule has 0 bridgehead atoms. The van der Waals surface area contributed by atoms with Gasteiger partial charge in [0.2, 0.25) is 15.9 Å². The van der Waals surface area contributed by atoms with E-state index >= 15 is 0 Å². The van der Waals surface area contributed by atoms with E-state index in [0.29, 0.717) is 30.4 Å². The highest BCUT2D eigenvalue weighted by Gasteiger charge is 2.41. The lowest BCUT2D eigenvalue weighted by atomic mass is 9.84. The van der Waals surface area contributed by atoms with Crippen LogP contribution in [0.2, 0.25) is 0 Å². The second-order valence-electron chi connectivity index (χ2n) is 14.6. The largest absolute Gasteiger partial charge is 0.453 e. The zero-order chi connectivity index (χ0) is 38.3. The number of sulfonamides is 1. The first kappa shape index (κ1) is 39.6. The third-order valence-electron chi connectivity index (χ3n) is 9.82. The third-order valence-corrected chi connectivity index (χ3v) is 11.8. The summed E-state index contributed by atoms with van der Waals surface area (Å²) >= 11 is 0. The van der Waals surface area contributed by atoms with Crippen LogP contribution in [0.15, 0.2) is 83.8 Å². The van der Waals surface area contributed by atoms with Gasteiger partial charge < -0.3 is 25.0 Å². The zero-order valence-corrected chi connectivity index (χ0v) is 31.3. The summed E-state index contributed by atoms with van der Waals surface area (Å²) in [6.07, 6.45) is 1.84. The van der Waals surface area contributed by atoms with Gasteiger partial charge >= 0.3 is 12.2 Å². The van der Waals surface area contributed by atoms with Crippen LogP contribution in [0.4, 0.5) is 18.4 Å². The summed E-state index contributed by atoms with van der Waals surface area (Å²) in [5, 5.41) is 5.79. The molecule has 3 aromatic rings. The van der Waals surface area contributed by atoms with Crippen LogP contribution < -0.4 is 10.6 Å². The van der Waals surface area contributed by atoms with Gasteiger partial charge in [-0.1, -0.05) is 48.9 Å². The summed E-state index contributed by atoms with van der Waals surface area (Å²) in [6, 6.07) is 17.2. The van der Waals surface area contributed by atoms with Gasteiger partial charge in [0.05, 0.1) is 12.0 Å². The Morgan fingerprint density at radius 3 is 2.04 bits per heavy atom. The number of hydrogen-bond acceptors (Lipinski definition) is 7. The predicted octanol–water partition coefficient (Wildman–Crippen LogP) is 6.20. The lowest BCUT2D eigenvalue weighted by Crippen LogP contribution is -2.57. The second kappa shape index (κ2) is 17.1. The van der Waals surface area contributed by atoms with Gasteiger partial charge in [-0.05, 0) is 99.9 Å². The van der Waals surface area contributed by atoms with Gasteiger partial charge in [0.25, 0.3) is 0 Å². The summed E-state index contributed by atoms with van der Waals surface area (Å²) in [4.78, 5) is 41.7. The van der Waals surface area contributed by atoms with Gasteiger partial charge in [-0.3, -0.25) is 4.79 Å². The molecule has 0 aromatic heterocycles. The Balaban J connectivity index is 1.37. The molecule has 1 saturated carbocycles. The van der Waals surface area contributed by atoms with E-state index in [-0.39, 0.29) is 36.5 Å². The van der Waals surface area contributed by atoms with Gasteiger partial charge in [0, 0.05) is 37.6 Å². The van der Waals surface area contributed by atoms with Crippen molar-refractivity contribution in [1.82, 2.24) is 19.8 Å². The van der Waals surface area contributed by atoms with E-state index in [4.69, 9.17) is 9.47 Å². The summed E-state index contributed by atoms with van der Waals surface area (Å²) in [7, 11) is -2.70. The van der Waals surface area contributed by atoms with Crippen LogP contribution in [-0.2, 0) is 24.3 Å². The average Bonchev–Trinajstić information content (AvgIpc) is 3.57. The Morgan fingerprint density at radius 2 is 1.47 bits per heavy atom. The molecular formula is C39H48F2N4O7S. The van der Waals surface area contributed by atoms with E-state index in [9.17, 15) is 31.6 Å². The number of rotatable bonds is 11. The molecule has 4 atom stereocenters. The molecule has 2 aliphatic rings. The van der Waals surface area contributed by atoms with Crippen LogP contribution in [0.5, 0.6) is 0 Å². The van der Waals surface area contributed by atoms with Crippen molar-refractivity contribution in [2.24, 2.45) is 5.92 Å². The van der Waals surface area contributed by atoms with Gasteiger partial charge in [-0.2, -0.15) is 4.31 Å². The van der Waals surface area contributed by atoms with Crippen molar-refractivity contribution in [2.75, 3.05) is 26.7 Å². The Bertz CT molecular complexity index is 1780. The Morgan fingerprint density at radius 1 is 0.868 bits per heavy atom. The number of amides is 3. The Hall–Kier alpha value is -4.56. The van der Waals surface area contributed by atoms with Crippen molar-refractivity contribution in [3.05, 3.63) is 102 Å². The fourth-order valence-electron chi connectivity index (χ4n) is 7.27. The molecule has 5 rings (SSSR count). The highest BCUT2D eigenvalue weighted by atomic mass is 32.2. The Labute approximate surface area is 310 Å². The Kier molecular flexibility index (Phi) is 12.8. The van der Waals surface area contributed by atoms with Gasteiger partial charge in [0.1, 0.15) is 23.3 Å². The minimum Gasteiger partial charge on any atom is -0.453 e. The van der Waals surface area contributed by atoms with Crippen LogP contribution in [0, 0.1) is 17.6 Å². The molecule has 1 unspecified atom stereocenters. The van der Waals surface area contributed by atoms with E-state index in [1.165, 1.54) is 59.9 Å². The molecule has 1 heterocycles. The maximum Gasteiger partial charge on any atom is 0.410 e. The highest BCUT2D eigenvalue weighted by molar-refractivity contribution is 7.89. The zero-order valence-electron chi connectivity index (χ0n) is 30.5. The number of hydrogen-bond donors (Lipinski definition) is 2. The molecular weight excluding hydrogens is 707 g/mol. The maximum atomic E-state index is 14.2. The SMILES string of the molecule is COC(=O)NC(C(=O)N[C@H]1CCC[C@@H]1CC[C@H]1CN(C(=O)OC(C)(C)C)CCN1S(=O)(=O)c1ccccc1)C(c1ccc(F)cc1)c1ccc(F)cc1. The molecule has 3 amide bonds. The summed E-state index contributed by atoms with van der Waals surface area (Å²) in [5.41, 5.74) is 0.315. The van der Waals surface area contributed by atoms with E-state index < -0.39 is 63.4 Å². The quantitative estimate of drug-likeness (QED) is 0.238. The first-order valence-electron chi connectivity index (χ1n) is 17.9. The van der Waals surface area contributed by atoms with E-state index in [1.54, 1.807) is 56.0 Å². The maximum absolute atomic E-state index is 14.2. The number of nitrogens with one attached hydrogen (secondary N) is 2. The lowest BCUT2D eigenvalue weighted by molar-refractivity contribution is -0.124. The second-order valence-corrected chi connectivity index (χ2v) is 16.5. The van der Waals surface area contributed by atoms with Crippen molar-refractivity contribution >= 4 is 28.1 Å². The first-order chi connectivity index (χ1) is 25.2. The number of methoxy groups -OCH3 is 1. The number of carbonyl (C=O) groups excluding carboxylic acids is 3. The highest BCUT2D eigenvalue weighted by Crippen LogP contribution is 2.34. The number of ether oxygens (including phenoxy) is 2. The van der Waals surface area contributed by atoms with Crippen LogP contribution in [-0.4, -0.2) is 86.2 Å². The molecule has 2 fully saturated rings. The standard InChI is InChI=1S/C39H48F2N4O7S/c1-39(2,3)52-38(48)44-23-24-45(53(49,50)32-10-6-5-7-11-32)31(25-44)22-17-26-9-8-12-33(26)42-36(46)35(43-37(47)51-4)34(27-13-18-29(40)19-14-27)28-15-20-30(41)21-16-28/h5-7,10-11,13-16,18-21,26,31,33-35H,8-9,12,17,22-25H2,1-4H3,(H,42,46)(H,43,47)/t26-,31+,33+,35?/m1/s1. The third kappa shape index (κ3) is 10.1. The van der Waals surface area contributed by atoms with Crippen LogP contribution in [0.25, 0.3) is 0 Å². The van der Waals surface area contributed by atoms with Crippen LogP contribution in [0.3, 0.4) is 0 Å². The van der Waals surface area contributed by atoms with Gasteiger partial charge in [-0.15, -0.1) is 0 Å². The van der Waals surface area contributed by atoms with Crippen molar-refractivity contribution in [1.29, 1.82) is 0 Å². The van der Waals surface area contributed by atoms with E-state index in [2.05, 4.69) is 10.6 Å². The molecule has 286 valence electrons. The molecule has 1 aliphatic heterocycles. The van der Waals surface area contributed by atoms with Crippen molar-refractivity contribution in [3.63, 3.8) is 0 Å². The summed E-state index contributed by atoms with van der Waals surface area (Å²) < 4.78 is 67.7. The smallest absolute Gasteiger partial charge is 0.410 e.